The van der Waals surface area contributed by atoms with Gasteiger partial charge in [0.1, 0.15) is 0 Å². The largest absolute Gasteiger partial charge is 4.00 e. The maximum absolute atomic E-state index is 2.00. The van der Waals surface area contributed by atoms with Gasteiger partial charge in [-0.15, -0.1) is 0 Å². The van der Waals surface area contributed by atoms with E-state index >= 15 is 0 Å². The van der Waals surface area contributed by atoms with Gasteiger partial charge in [-0.3, -0.25) is 0 Å². The summed E-state index contributed by atoms with van der Waals surface area (Å²) in [4.78, 5) is 0. The first kappa shape index (κ1) is 10.4. The topological polar surface area (TPSA) is 0 Å². The van der Waals surface area contributed by atoms with E-state index in [1.54, 1.807) is 0 Å². The molecule has 0 aliphatic rings. The van der Waals surface area contributed by atoms with Gasteiger partial charge in [-0.2, -0.15) is 36.4 Å². The van der Waals surface area contributed by atoms with Crippen molar-refractivity contribution < 1.29 is 24.6 Å². The third-order valence-electron chi connectivity index (χ3n) is 1.11. The SMILES string of the molecule is [H-].[H-].[Ti+4].c1cc[cH-]c1.c1cc[cH-]c1. The first-order chi connectivity index (χ1) is 5.00. The van der Waals surface area contributed by atoms with Gasteiger partial charge >= 0.3 is 21.7 Å². The van der Waals surface area contributed by atoms with Crippen LogP contribution in [0, 0.1) is 0 Å². The Morgan fingerprint density at radius 1 is 0.636 bits per heavy atom. The zero-order valence-corrected chi connectivity index (χ0v) is 7.84. The molecule has 0 saturated heterocycles. The Morgan fingerprint density at radius 2 is 0.909 bits per heavy atom. The van der Waals surface area contributed by atoms with Gasteiger partial charge in [0, 0.05) is 0 Å². The second-order valence-electron chi connectivity index (χ2n) is 1.92. The van der Waals surface area contributed by atoms with E-state index in [0.29, 0.717) is 0 Å². The minimum atomic E-state index is 0. The molecule has 0 nitrogen and oxygen atoms in total. The summed E-state index contributed by atoms with van der Waals surface area (Å²) in [7, 11) is 0. The van der Waals surface area contributed by atoms with Crippen LogP contribution in [0.2, 0.25) is 0 Å². The van der Waals surface area contributed by atoms with Crippen LogP contribution in [0.25, 0.3) is 0 Å². The normalized spacial score (nSPS) is 7.27. The van der Waals surface area contributed by atoms with Crippen LogP contribution in [-0.4, -0.2) is 0 Å². The molecular formula is C10H12Ti. The summed E-state index contributed by atoms with van der Waals surface area (Å²) < 4.78 is 0. The number of hydrogen-bond donors (Lipinski definition) is 0. The van der Waals surface area contributed by atoms with E-state index in [0.717, 1.165) is 0 Å². The molecule has 0 radical (unpaired) electrons. The maximum atomic E-state index is 2.00. The van der Waals surface area contributed by atoms with Crippen LogP contribution in [0.3, 0.4) is 0 Å². The van der Waals surface area contributed by atoms with Crippen molar-refractivity contribution in [2.75, 3.05) is 0 Å². The Morgan fingerprint density at radius 3 is 1.00 bits per heavy atom. The second-order valence-corrected chi connectivity index (χ2v) is 1.92. The van der Waals surface area contributed by atoms with Gasteiger partial charge in [-0.05, 0) is 0 Å². The molecule has 0 unspecified atom stereocenters. The fourth-order valence-corrected chi connectivity index (χ4v) is 0.642. The van der Waals surface area contributed by atoms with E-state index in [2.05, 4.69) is 0 Å². The van der Waals surface area contributed by atoms with Gasteiger partial charge < -0.3 is 2.85 Å². The molecule has 0 N–H and O–H groups in total. The third-order valence-corrected chi connectivity index (χ3v) is 1.11. The average Bonchev–Trinajstić information content (AvgIpc) is 2.67. The van der Waals surface area contributed by atoms with Gasteiger partial charge in [-0.25, -0.2) is 24.3 Å². The summed E-state index contributed by atoms with van der Waals surface area (Å²) in [5.41, 5.74) is 0. The van der Waals surface area contributed by atoms with E-state index in [9.17, 15) is 0 Å². The molecule has 0 aromatic heterocycles. The monoisotopic (exact) mass is 180 g/mol. The van der Waals surface area contributed by atoms with Crippen molar-refractivity contribution in [3.63, 3.8) is 0 Å². The molecule has 2 aromatic rings. The van der Waals surface area contributed by atoms with Crippen molar-refractivity contribution in [1.82, 2.24) is 0 Å². The molecule has 2 rings (SSSR count). The molecule has 56 valence electrons. The molecular weight excluding hydrogens is 168 g/mol. The molecule has 1 heteroatoms. The molecule has 0 fully saturated rings. The zero-order valence-electron chi connectivity index (χ0n) is 8.27. The first-order valence-corrected chi connectivity index (χ1v) is 3.33. The van der Waals surface area contributed by atoms with Gasteiger partial charge in [0.25, 0.3) is 0 Å². The quantitative estimate of drug-likeness (QED) is 0.431. The Hall–Kier alpha value is -0.586. The van der Waals surface area contributed by atoms with Gasteiger partial charge in [-0.1, -0.05) is 0 Å². The Bertz CT molecular complexity index is 152. The van der Waals surface area contributed by atoms with Crippen molar-refractivity contribution in [1.29, 1.82) is 0 Å². The standard InChI is InChI=1S/2C5H5.Ti.2H/c2*1-2-4-5-3-1;;;/h2*1-5H;;;/q2*-1;+4;2*-1. The molecule has 0 aliphatic carbocycles. The maximum Gasteiger partial charge on any atom is 4.00 e. The summed E-state index contributed by atoms with van der Waals surface area (Å²) in [5, 5.41) is 0. The minimum Gasteiger partial charge on any atom is -1.00 e. The molecule has 2 aromatic carbocycles. The first-order valence-electron chi connectivity index (χ1n) is 3.33. The predicted molar refractivity (Wildman–Crippen MR) is 46.3 cm³/mol. The molecule has 11 heavy (non-hydrogen) atoms. The predicted octanol–water partition coefficient (Wildman–Crippen LogP) is 3.03. The van der Waals surface area contributed by atoms with Crippen molar-refractivity contribution in [2.24, 2.45) is 0 Å². The fraction of sp³-hybridized carbons (Fsp3) is 0. The molecule has 0 heterocycles. The van der Waals surface area contributed by atoms with E-state index < -0.39 is 0 Å². The van der Waals surface area contributed by atoms with Gasteiger partial charge in [0.05, 0.1) is 0 Å². The summed E-state index contributed by atoms with van der Waals surface area (Å²) in [6.45, 7) is 0. The summed E-state index contributed by atoms with van der Waals surface area (Å²) in [5.74, 6) is 0. The van der Waals surface area contributed by atoms with Crippen LogP contribution in [-0.2, 0) is 21.7 Å². The minimum absolute atomic E-state index is 0. The Kier molecular flexibility index (Phi) is 7.12. The fourth-order valence-electron chi connectivity index (χ4n) is 0.642. The average molecular weight is 180 g/mol. The van der Waals surface area contributed by atoms with Crippen LogP contribution in [0.4, 0.5) is 0 Å². The molecule has 0 spiro atoms. The van der Waals surface area contributed by atoms with Crippen molar-refractivity contribution in [2.45, 2.75) is 0 Å². The van der Waals surface area contributed by atoms with E-state index in [-0.39, 0.29) is 24.6 Å². The van der Waals surface area contributed by atoms with Crippen molar-refractivity contribution in [3.8, 4) is 0 Å². The summed E-state index contributed by atoms with van der Waals surface area (Å²) in [6, 6.07) is 20.0. The van der Waals surface area contributed by atoms with Crippen LogP contribution in [0.1, 0.15) is 2.85 Å². The molecule has 0 amide bonds. The van der Waals surface area contributed by atoms with Gasteiger partial charge in [0.2, 0.25) is 0 Å². The smallest absolute Gasteiger partial charge is 1.00 e. The van der Waals surface area contributed by atoms with Crippen LogP contribution in [0.5, 0.6) is 0 Å². The van der Waals surface area contributed by atoms with Crippen LogP contribution < -0.4 is 0 Å². The third kappa shape index (κ3) is 5.84. The Balaban J connectivity index is -0.000000125. The van der Waals surface area contributed by atoms with E-state index in [1.165, 1.54) is 0 Å². The summed E-state index contributed by atoms with van der Waals surface area (Å²) in [6.07, 6.45) is 0. The Labute approximate surface area is 85.4 Å². The number of rotatable bonds is 0. The molecule has 0 bridgehead atoms. The van der Waals surface area contributed by atoms with Crippen LogP contribution >= 0.6 is 0 Å². The molecule has 0 atom stereocenters. The zero-order chi connectivity index (χ0) is 7.07. The molecule has 0 saturated carbocycles. The van der Waals surface area contributed by atoms with Gasteiger partial charge in [0.15, 0.2) is 0 Å². The van der Waals surface area contributed by atoms with E-state index in [1.807, 2.05) is 60.7 Å². The molecule has 0 aliphatic heterocycles. The second kappa shape index (κ2) is 7.52. The van der Waals surface area contributed by atoms with E-state index in [4.69, 9.17) is 0 Å². The summed E-state index contributed by atoms with van der Waals surface area (Å²) >= 11 is 0. The van der Waals surface area contributed by atoms with Crippen LogP contribution in [0.15, 0.2) is 60.7 Å². The van der Waals surface area contributed by atoms with Crippen molar-refractivity contribution in [3.05, 3.63) is 60.7 Å². The number of hydrogen-bond acceptors (Lipinski definition) is 0. The van der Waals surface area contributed by atoms with Crippen molar-refractivity contribution >= 4 is 0 Å².